The largest absolute Gasteiger partial charge is 0.496 e. The van der Waals surface area contributed by atoms with E-state index in [2.05, 4.69) is 18.3 Å². The van der Waals surface area contributed by atoms with Crippen LogP contribution in [0.5, 0.6) is 5.75 Å². The van der Waals surface area contributed by atoms with E-state index in [-0.39, 0.29) is 0 Å². The van der Waals surface area contributed by atoms with E-state index in [1.54, 1.807) is 7.11 Å². The molecule has 4 heteroatoms. The molecule has 3 nitrogen and oxygen atoms in total. The lowest BCUT2D eigenvalue weighted by atomic mass is 9.96. The quantitative estimate of drug-likeness (QED) is 0.663. The summed E-state index contributed by atoms with van der Waals surface area (Å²) in [5.74, 6) is 0.938. The van der Waals surface area contributed by atoms with Gasteiger partial charge in [0.2, 0.25) is 0 Å². The van der Waals surface area contributed by atoms with Gasteiger partial charge >= 0.3 is 5.37 Å². The molecule has 1 aromatic carbocycles. The predicted octanol–water partition coefficient (Wildman–Crippen LogP) is 3.11. The molecule has 0 atom stereocenters. The molecule has 0 spiro atoms. The number of ether oxygens (including phenoxy) is 1. The van der Waals surface area contributed by atoms with Crippen molar-refractivity contribution in [2.45, 2.75) is 27.2 Å². The van der Waals surface area contributed by atoms with Crippen LogP contribution in [0.3, 0.4) is 0 Å². The van der Waals surface area contributed by atoms with Gasteiger partial charge in [0.1, 0.15) is 5.75 Å². The Bertz CT molecular complexity index is 430. The number of amides is 1. The van der Waals surface area contributed by atoms with Gasteiger partial charge in [0.05, 0.1) is 7.11 Å². The van der Waals surface area contributed by atoms with Crippen molar-refractivity contribution in [1.82, 2.24) is 5.32 Å². The Morgan fingerprint density at radius 2 is 2.00 bits per heavy atom. The summed E-state index contributed by atoms with van der Waals surface area (Å²) in [5.41, 5.74) is 4.69. The van der Waals surface area contributed by atoms with E-state index >= 15 is 0 Å². The molecule has 0 bridgehead atoms. The minimum Gasteiger partial charge on any atom is -0.496 e. The first-order valence-corrected chi connectivity index (χ1v) is 5.92. The second-order valence-corrected chi connectivity index (χ2v) is 4.43. The molecular weight excluding hydrogens is 238 g/mol. The number of benzene rings is 1. The Kier molecular flexibility index (Phi) is 4.82. The minimum absolute atomic E-state index is 0.510. The number of hydrogen-bond acceptors (Lipinski definition) is 2. The van der Waals surface area contributed by atoms with Crippen LogP contribution in [0.1, 0.15) is 22.3 Å². The molecule has 0 aliphatic carbocycles. The minimum atomic E-state index is -0.510. The summed E-state index contributed by atoms with van der Waals surface area (Å²) in [6.45, 7) is 6.68. The number of halogens is 1. The normalized spacial score (nSPS) is 10.2. The Morgan fingerprint density at radius 1 is 1.35 bits per heavy atom. The molecule has 94 valence electrons. The second-order valence-electron chi connectivity index (χ2n) is 4.09. The molecule has 1 rings (SSSR count). The summed E-state index contributed by atoms with van der Waals surface area (Å²) >= 11 is 5.22. The summed E-state index contributed by atoms with van der Waals surface area (Å²) in [6.07, 6.45) is 0.774. The zero-order valence-electron chi connectivity index (χ0n) is 10.7. The molecule has 0 aliphatic heterocycles. The van der Waals surface area contributed by atoms with E-state index in [4.69, 9.17) is 16.3 Å². The van der Waals surface area contributed by atoms with Gasteiger partial charge in [-0.05, 0) is 61.0 Å². The molecular formula is C13H18ClNO2. The molecule has 0 heterocycles. The van der Waals surface area contributed by atoms with Gasteiger partial charge in [-0.1, -0.05) is 6.07 Å². The molecule has 1 aromatic rings. The van der Waals surface area contributed by atoms with Crippen molar-refractivity contribution in [2.75, 3.05) is 13.7 Å². The van der Waals surface area contributed by atoms with Crippen LogP contribution in [0.25, 0.3) is 0 Å². The third-order valence-electron chi connectivity index (χ3n) is 3.00. The van der Waals surface area contributed by atoms with Crippen molar-refractivity contribution in [1.29, 1.82) is 0 Å². The number of nitrogens with one attached hydrogen (secondary N) is 1. The van der Waals surface area contributed by atoms with E-state index in [0.717, 1.165) is 23.3 Å². The van der Waals surface area contributed by atoms with E-state index in [9.17, 15) is 4.79 Å². The van der Waals surface area contributed by atoms with Gasteiger partial charge in [0.15, 0.2) is 0 Å². The van der Waals surface area contributed by atoms with Crippen molar-refractivity contribution in [3.8, 4) is 5.75 Å². The van der Waals surface area contributed by atoms with E-state index < -0.39 is 5.37 Å². The Morgan fingerprint density at radius 3 is 2.53 bits per heavy atom. The fraction of sp³-hybridized carbons (Fsp3) is 0.462. The topological polar surface area (TPSA) is 38.3 Å². The number of aryl methyl sites for hydroxylation is 1. The monoisotopic (exact) mass is 255 g/mol. The number of methoxy groups -OCH3 is 1. The van der Waals surface area contributed by atoms with Crippen molar-refractivity contribution >= 4 is 17.0 Å². The second kappa shape index (κ2) is 5.92. The number of rotatable bonds is 4. The lowest BCUT2D eigenvalue weighted by Crippen LogP contribution is -2.19. The third-order valence-corrected chi connectivity index (χ3v) is 3.13. The third kappa shape index (κ3) is 3.37. The van der Waals surface area contributed by atoms with E-state index in [1.807, 2.05) is 13.8 Å². The fourth-order valence-electron chi connectivity index (χ4n) is 2.01. The van der Waals surface area contributed by atoms with Crippen molar-refractivity contribution < 1.29 is 9.53 Å². The van der Waals surface area contributed by atoms with E-state index in [0.29, 0.717) is 6.54 Å². The van der Waals surface area contributed by atoms with Crippen LogP contribution >= 0.6 is 11.6 Å². The van der Waals surface area contributed by atoms with Gasteiger partial charge in [-0.2, -0.15) is 0 Å². The van der Waals surface area contributed by atoms with E-state index in [1.165, 1.54) is 11.1 Å². The van der Waals surface area contributed by atoms with Gasteiger partial charge in [-0.15, -0.1) is 0 Å². The number of carbonyl (C=O) groups is 1. The van der Waals surface area contributed by atoms with Crippen LogP contribution in [0, 0.1) is 20.8 Å². The first-order chi connectivity index (χ1) is 7.97. The molecule has 1 amide bonds. The highest BCUT2D eigenvalue weighted by molar-refractivity contribution is 6.62. The molecule has 0 radical (unpaired) electrons. The molecule has 1 N–H and O–H groups in total. The van der Waals surface area contributed by atoms with Crippen LogP contribution in [-0.4, -0.2) is 19.0 Å². The maximum atomic E-state index is 10.6. The van der Waals surface area contributed by atoms with Gasteiger partial charge in [-0.25, -0.2) is 0 Å². The van der Waals surface area contributed by atoms with Gasteiger partial charge in [0, 0.05) is 6.54 Å². The average Bonchev–Trinajstić information content (AvgIpc) is 2.25. The molecule has 0 aromatic heterocycles. The first kappa shape index (κ1) is 13.8. The smallest absolute Gasteiger partial charge is 0.313 e. The van der Waals surface area contributed by atoms with Crippen LogP contribution in [0.15, 0.2) is 6.07 Å². The van der Waals surface area contributed by atoms with Crippen LogP contribution in [0.4, 0.5) is 4.79 Å². The summed E-state index contributed by atoms with van der Waals surface area (Å²) in [5, 5.41) is 2.07. The van der Waals surface area contributed by atoms with Crippen LogP contribution in [-0.2, 0) is 6.42 Å². The first-order valence-electron chi connectivity index (χ1n) is 5.54. The summed E-state index contributed by atoms with van der Waals surface area (Å²) in [7, 11) is 1.68. The lowest BCUT2D eigenvalue weighted by Gasteiger charge is -2.15. The lowest BCUT2D eigenvalue weighted by molar-refractivity contribution is 0.260. The van der Waals surface area contributed by atoms with Crippen molar-refractivity contribution in [3.05, 3.63) is 28.3 Å². The molecule has 0 saturated carbocycles. The molecule has 0 fully saturated rings. The SMILES string of the molecule is COc1c(C)cc(CCNC(=O)Cl)c(C)c1C. The standard InChI is InChI=1S/C13H18ClNO2/c1-8-7-11(5-6-15-13(14)16)9(2)10(3)12(8)17-4/h7H,5-6H2,1-4H3,(H,15,16). The Labute approximate surface area is 107 Å². The fourth-order valence-corrected chi connectivity index (χ4v) is 2.11. The Balaban J connectivity index is 2.90. The van der Waals surface area contributed by atoms with Crippen molar-refractivity contribution in [3.63, 3.8) is 0 Å². The average molecular weight is 256 g/mol. The highest BCUT2D eigenvalue weighted by atomic mass is 35.5. The summed E-state index contributed by atoms with van der Waals surface area (Å²) in [6, 6.07) is 2.10. The number of hydrogen-bond donors (Lipinski definition) is 1. The van der Waals surface area contributed by atoms with Gasteiger partial charge < -0.3 is 10.1 Å². The zero-order chi connectivity index (χ0) is 13.0. The van der Waals surface area contributed by atoms with Crippen LogP contribution < -0.4 is 10.1 Å². The maximum Gasteiger partial charge on any atom is 0.313 e. The molecule has 0 saturated heterocycles. The van der Waals surface area contributed by atoms with Crippen LogP contribution in [0.2, 0.25) is 0 Å². The summed E-state index contributed by atoms with van der Waals surface area (Å²) < 4.78 is 5.36. The Hall–Kier alpha value is -1.22. The highest BCUT2D eigenvalue weighted by Gasteiger charge is 2.10. The zero-order valence-corrected chi connectivity index (χ0v) is 11.4. The highest BCUT2D eigenvalue weighted by Crippen LogP contribution is 2.28. The predicted molar refractivity (Wildman–Crippen MR) is 70.2 cm³/mol. The maximum absolute atomic E-state index is 10.6. The summed E-state index contributed by atoms with van der Waals surface area (Å²) in [4.78, 5) is 10.6. The van der Waals surface area contributed by atoms with Gasteiger partial charge in [0.25, 0.3) is 0 Å². The van der Waals surface area contributed by atoms with Gasteiger partial charge in [-0.3, -0.25) is 4.79 Å². The number of carbonyl (C=O) groups excluding carboxylic acids is 1. The van der Waals surface area contributed by atoms with Crippen molar-refractivity contribution in [2.24, 2.45) is 0 Å². The molecule has 0 unspecified atom stereocenters. The molecule has 17 heavy (non-hydrogen) atoms. The molecule has 0 aliphatic rings.